The van der Waals surface area contributed by atoms with E-state index >= 15 is 0 Å². The van der Waals surface area contributed by atoms with Crippen molar-refractivity contribution in [1.82, 2.24) is 0 Å². The molecule has 4 nitrogen and oxygen atoms in total. The van der Waals surface area contributed by atoms with Gasteiger partial charge in [0, 0.05) is 11.1 Å². The minimum absolute atomic E-state index is 0.0587. The summed E-state index contributed by atoms with van der Waals surface area (Å²) in [6.45, 7) is 1.65. The molecule has 3 rings (SSSR count). The summed E-state index contributed by atoms with van der Waals surface area (Å²) < 4.78 is 0. The summed E-state index contributed by atoms with van der Waals surface area (Å²) >= 11 is 0. The van der Waals surface area contributed by atoms with Crippen molar-refractivity contribution in [3.63, 3.8) is 0 Å². The quantitative estimate of drug-likeness (QED) is 0.747. The highest BCUT2D eigenvalue weighted by atomic mass is 16.6. The minimum atomic E-state index is -0.887. The Morgan fingerprint density at radius 1 is 1.05 bits per heavy atom. The Morgan fingerprint density at radius 2 is 1.52 bits per heavy atom. The van der Waals surface area contributed by atoms with E-state index in [1.54, 1.807) is 6.92 Å². The van der Waals surface area contributed by atoms with Crippen LogP contribution in [0.15, 0.2) is 53.7 Å². The van der Waals surface area contributed by atoms with Crippen molar-refractivity contribution in [3.05, 3.63) is 59.7 Å². The third-order valence-electron chi connectivity index (χ3n) is 3.56. The standard InChI is InChI=1S/C17H15NO3/c1-11(17(19)20)10-21-18-16-14-8-4-2-6-12(14)13-7-3-5-9-15(13)16/h2-9,11H,10H2,1H3,(H,19,20). The molecule has 2 aromatic rings. The van der Waals surface area contributed by atoms with Gasteiger partial charge in [0.25, 0.3) is 0 Å². The maximum atomic E-state index is 10.8. The summed E-state index contributed by atoms with van der Waals surface area (Å²) in [5.41, 5.74) is 5.05. The van der Waals surface area contributed by atoms with Gasteiger partial charge in [0.2, 0.25) is 0 Å². The van der Waals surface area contributed by atoms with E-state index in [2.05, 4.69) is 17.3 Å². The zero-order chi connectivity index (χ0) is 14.8. The number of carboxylic acids is 1. The average molecular weight is 281 g/mol. The Bertz CT molecular complexity index is 674. The zero-order valence-electron chi connectivity index (χ0n) is 11.6. The van der Waals surface area contributed by atoms with E-state index in [1.807, 2.05) is 36.4 Å². The maximum absolute atomic E-state index is 10.8. The second-order valence-electron chi connectivity index (χ2n) is 5.07. The summed E-state index contributed by atoms with van der Waals surface area (Å²) in [5.74, 6) is -1.47. The van der Waals surface area contributed by atoms with E-state index < -0.39 is 11.9 Å². The molecular formula is C17H15NO3. The highest BCUT2D eigenvalue weighted by molar-refractivity contribution is 6.24. The van der Waals surface area contributed by atoms with Crippen molar-refractivity contribution >= 4 is 11.7 Å². The van der Waals surface area contributed by atoms with Crippen LogP contribution in [0.25, 0.3) is 11.1 Å². The van der Waals surface area contributed by atoms with E-state index in [9.17, 15) is 4.79 Å². The number of hydrogen-bond donors (Lipinski definition) is 1. The van der Waals surface area contributed by atoms with Crippen LogP contribution in [0.5, 0.6) is 0 Å². The first kappa shape index (κ1) is 13.4. The molecule has 0 aromatic heterocycles. The molecule has 0 amide bonds. The first-order valence-electron chi connectivity index (χ1n) is 6.80. The molecule has 21 heavy (non-hydrogen) atoms. The predicted octanol–water partition coefficient (Wildman–Crippen LogP) is 3.16. The van der Waals surface area contributed by atoms with Crippen LogP contribution in [0.1, 0.15) is 18.1 Å². The van der Waals surface area contributed by atoms with E-state index in [-0.39, 0.29) is 6.61 Å². The second kappa shape index (κ2) is 5.40. The molecule has 1 aliphatic rings. The molecule has 2 aromatic carbocycles. The van der Waals surface area contributed by atoms with Crippen molar-refractivity contribution in [2.75, 3.05) is 6.61 Å². The number of benzene rings is 2. The van der Waals surface area contributed by atoms with Crippen LogP contribution in [0.2, 0.25) is 0 Å². The van der Waals surface area contributed by atoms with Crippen LogP contribution < -0.4 is 0 Å². The SMILES string of the molecule is CC(CON=C1c2ccccc2-c2ccccc21)C(=O)O. The zero-order valence-corrected chi connectivity index (χ0v) is 11.6. The number of fused-ring (bicyclic) bond motifs is 3. The van der Waals surface area contributed by atoms with Crippen molar-refractivity contribution in [1.29, 1.82) is 0 Å². The lowest BCUT2D eigenvalue weighted by molar-refractivity contribution is -0.143. The molecule has 1 atom stereocenters. The van der Waals surface area contributed by atoms with Gasteiger partial charge in [-0.3, -0.25) is 4.79 Å². The summed E-state index contributed by atoms with van der Waals surface area (Å²) in [4.78, 5) is 16.1. The minimum Gasteiger partial charge on any atom is -0.481 e. The fourth-order valence-electron chi connectivity index (χ4n) is 2.38. The van der Waals surface area contributed by atoms with Crippen LogP contribution in [0.4, 0.5) is 0 Å². The average Bonchev–Trinajstić information content (AvgIpc) is 2.82. The van der Waals surface area contributed by atoms with Gasteiger partial charge >= 0.3 is 5.97 Å². The molecular weight excluding hydrogens is 266 g/mol. The van der Waals surface area contributed by atoms with Gasteiger partial charge in [0.15, 0.2) is 0 Å². The normalized spacial score (nSPS) is 13.3. The summed E-state index contributed by atoms with van der Waals surface area (Å²) in [6, 6.07) is 16.0. The molecule has 0 bridgehead atoms. The topological polar surface area (TPSA) is 58.9 Å². The number of hydrogen-bond acceptors (Lipinski definition) is 3. The van der Waals surface area contributed by atoms with Crippen LogP contribution in [-0.2, 0) is 9.63 Å². The lowest BCUT2D eigenvalue weighted by atomic mass is 10.1. The highest BCUT2D eigenvalue weighted by Crippen LogP contribution is 2.36. The van der Waals surface area contributed by atoms with E-state index in [4.69, 9.17) is 9.94 Å². The Labute approximate surface area is 122 Å². The maximum Gasteiger partial charge on any atom is 0.309 e. The van der Waals surface area contributed by atoms with Crippen molar-refractivity contribution in [2.45, 2.75) is 6.92 Å². The van der Waals surface area contributed by atoms with Crippen molar-refractivity contribution < 1.29 is 14.7 Å². The molecule has 0 saturated carbocycles. The Morgan fingerprint density at radius 3 is 2.00 bits per heavy atom. The van der Waals surface area contributed by atoms with Gasteiger partial charge in [-0.25, -0.2) is 0 Å². The van der Waals surface area contributed by atoms with Gasteiger partial charge in [-0.1, -0.05) is 53.7 Å². The first-order chi connectivity index (χ1) is 10.2. The van der Waals surface area contributed by atoms with Crippen LogP contribution in [0, 0.1) is 5.92 Å². The lowest BCUT2D eigenvalue weighted by Crippen LogP contribution is -2.15. The number of rotatable bonds is 4. The Balaban J connectivity index is 1.93. The van der Waals surface area contributed by atoms with E-state index in [0.717, 1.165) is 28.0 Å². The summed E-state index contributed by atoms with van der Waals surface area (Å²) in [5, 5.41) is 13.0. The largest absolute Gasteiger partial charge is 0.481 e. The summed E-state index contributed by atoms with van der Waals surface area (Å²) in [7, 11) is 0. The molecule has 0 fully saturated rings. The number of oxime groups is 1. The van der Waals surface area contributed by atoms with Gasteiger partial charge in [-0.05, 0) is 18.1 Å². The molecule has 0 radical (unpaired) electrons. The van der Waals surface area contributed by atoms with Crippen molar-refractivity contribution in [2.24, 2.45) is 11.1 Å². The molecule has 0 spiro atoms. The molecule has 1 unspecified atom stereocenters. The lowest BCUT2D eigenvalue weighted by Gasteiger charge is -2.06. The van der Waals surface area contributed by atoms with Gasteiger partial charge in [0.05, 0.1) is 5.92 Å². The fourth-order valence-corrected chi connectivity index (χ4v) is 2.38. The van der Waals surface area contributed by atoms with E-state index in [1.165, 1.54) is 0 Å². The molecule has 106 valence electrons. The monoisotopic (exact) mass is 281 g/mol. The highest BCUT2D eigenvalue weighted by Gasteiger charge is 2.24. The summed E-state index contributed by atoms with van der Waals surface area (Å²) in [6.07, 6.45) is 0. The number of nitrogens with zero attached hydrogens (tertiary/aromatic N) is 1. The first-order valence-corrected chi connectivity index (χ1v) is 6.80. The molecule has 0 heterocycles. The van der Waals surface area contributed by atoms with Crippen LogP contribution >= 0.6 is 0 Å². The van der Waals surface area contributed by atoms with Gasteiger partial charge in [-0.2, -0.15) is 0 Å². The van der Waals surface area contributed by atoms with Gasteiger partial charge < -0.3 is 9.94 Å². The Kier molecular flexibility index (Phi) is 3.44. The molecule has 1 N–H and O–H groups in total. The van der Waals surface area contributed by atoms with Crippen LogP contribution in [-0.4, -0.2) is 23.4 Å². The van der Waals surface area contributed by atoms with E-state index in [0.29, 0.717) is 0 Å². The Hall–Kier alpha value is -2.62. The second-order valence-corrected chi connectivity index (χ2v) is 5.07. The molecule has 1 aliphatic carbocycles. The third kappa shape index (κ3) is 2.40. The van der Waals surface area contributed by atoms with Gasteiger partial charge in [0.1, 0.15) is 12.3 Å². The molecule has 0 saturated heterocycles. The molecule has 0 aliphatic heterocycles. The fraction of sp³-hybridized carbons (Fsp3) is 0.176. The smallest absolute Gasteiger partial charge is 0.309 e. The number of aliphatic carboxylic acids is 1. The number of carbonyl (C=O) groups is 1. The number of carboxylic acid groups (broad SMARTS) is 1. The predicted molar refractivity (Wildman–Crippen MR) is 80.3 cm³/mol. The van der Waals surface area contributed by atoms with Crippen LogP contribution in [0.3, 0.4) is 0 Å². The van der Waals surface area contributed by atoms with Crippen molar-refractivity contribution in [3.8, 4) is 11.1 Å². The third-order valence-corrected chi connectivity index (χ3v) is 3.56. The van der Waals surface area contributed by atoms with Gasteiger partial charge in [-0.15, -0.1) is 0 Å². The molecule has 4 heteroatoms.